The summed E-state index contributed by atoms with van der Waals surface area (Å²) in [4.78, 5) is 3.13. The van der Waals surface area contributed by atoms with E-state index in [9.17, 15) is 0 Å². The number of benzene rings is 1. The molecule has 0 amide bonds. The van der Waals surface area contributed by atoms with Crippen LogP contribution in [-0.2, 0) is 0 Å². The van der Waals surface area contributed by atoms with Crippen LogP contribution in [0.3, 0.4) is 0 Å². The largest absolute Gasteiger partial charge is 0.0903 e. The molecule has 21 heavy (non-hydrogen) atoms. The molecule has 0 aliphatic heterocycles. The Balaban J connectivity index is 1.99. The van der Waals surface area contributed by atoms with Crippen molar-refractivity contribution in [2.75, 3.05) is 0 Å². The Bertz CT molecular complexity index is 474. The molecular weight excluding hydrogens is 274 g/mol. The molecule has 3 nitrogen and oxygen atoms in total. The van der Waals surface area contributed by atoms with Gasteiger partial charge in [0, 0.05) is 11.0 Å². The topological polar surface area (TPSA) is 48.8 Å². The highest BCUT2D eigenvalue weighted by molar-refractivity contribution is 6.89. The van der Waals surface area contributed by atoms with E-state index >= 15 is 0 Å². The lowest BCUT2D eigenvalue weighted by Crippen LogP contribution is -2.42. The Kier molecular flexibility index (Phi) is 5.89. The van der Waals surface area contributed by atoms with Gasteiger partial charge in [0.15, 0.2) is 0 Å². The Morgan fingerprint density at radius 3 is 2.48 bits per heavy atom. The summed E-state index contributed by atoms with van der Waals surface area (Å²) < 4.78 is 0. The lowest BCUT2D eigenvalue weighted by atomic mass is 9.83. The minimum absolute atomic E-state index is 0.214. The van der Waals surface area contributed by atoms with Gasteiger partial charge in [-0.15, -0.1) is 0 Å². The molecule has 1 fully saturated rings. The molecule has 0 bridgehead atoms. The van der Waals surface area contributed by atoms with E-state index in [1.807, 2.05) is 0 Å². The Morgan fingerprint density at radius 1 is 1.19 bits per heavy atom. The van der Waals surface area contributed by atoms with Gasteiger partial charge in [0.2, 0.25) is 0 Å². The maximum Gasteiger partial charge on any atom is 0.0806 e. The zero-order valence-corrected chi connectivity index (χ0v) is 14.3. The van der Waals surface area contributed by atoms with Gasteiger partial charge in [-0.2, -0.15) is 0 Å². The molecule has 0 saturated heterocycles. The molecule has 0 aromatic heterocycles. The average Bonchev–Trinajstić information content (AvgIpc) is 2.53. The Hall–Kier alpha value is -1.25. The number of hydrogen-bond acceptors (Lipinski definition) is 1. The van der Waals surface area contributed by atoms with Crippen LogP contribution in [0.15, 0.2) is 35.4 Å². The second kappa shape index (κ2) is 7.67. The van der Waals surface area contributed by atoms with Crippen molar-refractivity contribution in [3.8, 4) is 0 Å². The Labute approximate surface area is 129 Å². The number of rotatable bonds is 6. The van der Waals surface area contributed by atoms with Gasteiger partial charge in [-0.3, -0.25) is 0 Å². The third kappa shape index (κ3) is 4.62. The molecule has 0 spiro atoms. The summed E-state index contributed by atoms with van der Waals surface area (Å²) in [5, 5.41) is 5.66. The van der Waals surface area contributed by atoms with Crippen molar-refractivity contribution in [3.05, 3.63) is 40.8 Å². The summed E-state index contributed by atoms with van der Waals surface area (Å²) >= 11 is 0. The predicted molar refractivity (Wildman–Crippen MR) is 92.5 cm³/mol. The molecular formula is C17H27N3Si. The van der Waals surface area contributed by atoms with Crippen molar-refractivity contribution in [3.63, 3.8) is 0 Å². The van der Waals surface area contributed by atoms with Gasteiger partial charge in [-0.1, -0.05) is 91.9 Å². The molecule has 4 heteroatoms. The summed E-state index contributed by atoms with van der Waals surface area (Å²) in [5.74, 6) is 0.621. The van der Waals surface area contributed by atoms with Crippen molar-refractivity contribution in [1.29, 1.82) is 0 Å². The van der Waals surface area contributed by atoms with Crippen LogP contribution < -0.4 is 5.19 Å². The standard InChI is InChI=1S/C17H27N3Si/c1-21(2,16-11-7-4-8-12-16)14-13-17(19-20-18)15-9-5-3-6-10-15/h4,7-8,11-12,15,17H,3,5-6,9-10,13-14H2,1-2H3. The molecule has 1 aromatic rings. The van der Waals surface area contributed by atoms with Crippen molar-refractivity contribution in [2.24, 2.45) is 11.0 Å². The highest BCUT2D eigenvalue weighted by Gasteiger charge is 2.28. The summed E-state index contributed by atoms with van der Waals surface area (Å²) in [6, 6.07) is 12.3. The fraction of sp³-hybridized carbons (Fsp3) is 0.647. The molecule has 2 rings (SSSR count). The van der Waals surface area contributed by atoms with E-state index in [2.05, 4.69) is 53.5 Å². The quantitative estimate of drug-likeness (QED) is 0.298. The van der Waals surface area contributed by atoms with E-state index < -0.39 is 8.07 Å². The van der Waals surface area contributed by atoms with Crippen molar-refractivity contribution >= 4 is 13.3 Å². The van der Waals surface area contributed by atoms with E-state index in [0.717, 1.165) is 6.42 Å². The van der Waals surface area contributed by atoms with Crippen LogP contribution in [0.2, 0.25) is 19.1 Å². The first-order valence-corrected chi connectivity index (χ1v) is 11.4. The highest BCUT2D eigenvalue weighted by atomic mass is 28.3. The first kappa shape index (κ1) is 16.1. The molecule has 114 valence electrons. The van der Waals surface area contributed by atoms with Gasteiger partial charge < -0.3 is 0 Å². The van der Waals surface area contributed by atoms with E-state index in [1.165, 1.54) is 43.3 Å². The third-order valence-corrected chi connectivity index (χ3v) is 8.45. The van der Waals surface area contributed by atoms with Crippen molar-refractivity contribution < 1.29 is 0 Å². The van der Waals surface area contributed by atoms with Crippen LogP contribution in [0, 0.1) is 5.92 Å². The summed E-state index contributed by atoms with van der Waals surface area (Å²) in [7, 11) is -1.42. The van der Waals surface area contributed by atoms with Crippen LogP contribution in [0.4, 0.5) is 0 Å². The lowest BCUT2D eigenvalue weighted by Gasteiger charge is -2.30. The minimum atomic E-state index is -1.42. The molecule has 1 atom stereocenters. The first-order chi connectivity index (χ1) is 10.1. The normalized spacial score (nSPS) is 18.0. The highest BCUT2D eigenvalue weighted by Crippen LogP contribution is 2.31. The number of nitrogens with zero attached hydrogens (tertiary/aromatic N) is 3. The van der Waals surface area contributed by atoms with Gasteiger partial charge in [0.25, 0.3) is 0 Å². The molecule has 1 aliphatic carbocycles. The average molecular weight is 302 g/mol. The monoisotopic (exact) mass is 301 g/mol. The molecule has 1 saturated carbocycles. The molecule has 0 radical (unpaired) electrons. The zero-order chi connectivity index (χ0) is 15.1. The molecule has 1 aliphatic rings. The van der Waals surface area contributed by atoms with Crippen molar-refractivity contribution in [2.45, 2.75) is 63.7 Å². The summed E-state index contributed by atoms with van der Waals surface area (Å²) in [6.45, 7) is 4.85. The van der Waals surface area contributed by atoms with Crippen LogP contribution >= 0.6 is 0 Å². The van der Waals surface area contributed by atoms with Gasteiger partial charge >= 0.3 is 0 Å². The fourth-order valence-electron chi connectivity index (χ4n) is 3.52. The van der Waals surface area contributed by atoms with E-state index in [1.54, 1.807) is 0 Å². The van der Waals surface area contributed by atoms with E-state index in [4.69, 9.17) is 5.53 Å². The summed E-state index contributed by atoms with van der Waals surface area (Å²) in [6.07, 6.45) is 7.52. The second-order valence-electron chi connectivity index (χ2n) is 6.96. The minimum Gasteiger partial charge on any atom is -0.0903 e. The number of azide groups is 1. The third-order valence-electron chi connectivity index (χ3n) is 5.01. The van der Waals surface area contributed by atoms with Gasteiger partial charge in [0.05, 0.1) is 8.07 Å². The summed E-state index contributed by atoms with van der Waals surface area (Å²) in [5.41, 5.74) is 8.88. The molecule has 0 heterocycles. The molecule has 0 N–H and O–H groups in total. The van der Waals surface area contributed by atoms with Crippen LogP contribution in [0.5, 0.6) is 0 Å². The molecule has 1 aromatic carbocycles. The van der Waals surface area contributed by atoms with Crippen LogP contribution in [0.1, 0.15) is 38.5 Å². The van der Waals surface area contributed by atoms with E-state index in [0.29, 0.717) is 5.92 Å². The first-order valence-electron chi connectivity index (χ1n) is 8.23. The zero-order valence-electron chi connectivity index (χ0n) is 13.3. The van der Waals surface area contributed by atoms with Gasteiger partial charge in [-0.25, -0.2) is 0 Å². The predicted octanol–water partition coefficient (Wildman–Crippen LogP) is 5.25. The number of hydrogen-bond donors (Lipinski definition) is 0. The lowest BCUT2D eigenvalue weighted by molar-refractivity contribution is 0.299. The fourth-order valence-corrected chi connectivity index (χ4v) is 5.92. The maximum absolute atomic E-state index is 8.88. The smallest absolute Gasteiger partial charge is 0.0806 e. The molecule has 1 unspecified atom stereocenters. The SMILES string of the molecule is C[Si](C)(CCC(N=[N+]=[N-])C1CCCCC1)c1ccccc1. The Morgan fingerprint density at radius 2 is 1.86 bits per heavy atom. The van der Waals surface area contributed by atoms with Crippen molar-refractivity contribution in [1.82, 2.24) is 0 Å². The van der Waals surface area contributed by atoms with Gasteiger partial charge in [0.1, 0.15) is 0 Å². The maximum atomic E-state index is 8.88. The second-order valence-corrected chi connectivity index (χ2v) is 11.8. The van der Waals surface area contributed by atoms with E-state index in [-0.39, 0.29) is 6.04 Å². The van der Waals surface area contributed by atoms with Gasteiger partial charge in [-0.05, 0) is 17.9 Å². The van der Waals surface area contributed by atoms with Crippen LogP contribution in [-0.4, -0.2) is 14.1 Å². The van der Waals surface area contributed by atoms with Crippen LogP contribution in [0.25, 0.3) is 10.4 Å².